The van der Waals surface area contributed by atoms with Crippen molar-refractivity contribution in [3.8, 4) is 0 Å². The number of rotatable bonds is 3. The first-order valence-corrected chi connectivity index (χ1v) is 8.19. The second kappa shape index (κ2) is 6.59. The number of nitrogens with zero attached hydrogens (tertiary/aromatic N) is 1. The lowest BCUT2D eigenvalue weighted by molar-refractivity contribution is -0.255. The van der Waals surface area contributed by atoms with Crippen LogP contribution in [-0.4, -0.2) is 17.8 Å². The summed E-state index contributed by atoms with van der Waals surface area (Å²) in [6, 6.07) is 13.7. The molecule has 0 spiro atoms. The van der Waals surface area contributed by atoms with Crippen LogP contribution in [0.2, 0.25) is 0 Å². The number of aromatic carboxylic acids is 1. The van der Waals surface area contributed by atoms with E-state index in [1.54, 1.807) is 18.2 Å². The van der Waals surface area contributed by atoms with Gasteiger partial charge in [-0.3, -0.25) is 0 Å². The van der Waals surface area contributed by atoms with Gasteiger partial charge >= 0.3 is 5.97 Å². The van der Waals surface area contributed by atoms with E-state index < -0.39 is 11.9 Å². The fourth-order valence-electron chi connectivity index (χ4n) is 2.52. The van der Waals surface area contributed by atoms with Crippen LogP contribution < -0.4 is 5.11 Å². The normalized spacial score (nSPS) is 15.7. The molecule has 5 nitrogen and oxygen atoms in total. The Balaban J connectivity index is 1.85. The third-order valence-corrected chi connectivity index (χ3v) is 4.07. The van der Waals surface area contributed by atoms with Crippen molar-refractivity contribution in [3.63, 3.8) is 0 Å². The molecule has 0 saturated heterocycles. The van der Waals surface area contributed by atoms with Gasteiger partial charge in [0.1, 0.15) is 0 Å². The minimum absolute atomic E-state index is 0.0371. The summed E-state index contributed by atoms with van der Waals surface area (Å²) in [4.78, 5) is 27.1. The summed E-state index contributed by atoms with van der Waals surface area (Å²) < 4.78 is 5.26. The van der Waals surface area contributed by atoms with Crippen LogP contribution in [0.1, 0.15) is 47.8 Å². The molecule has 0 N–H and O–H groups in total. The molecule has 0 unspecified atom stereocenters. The molecule has 2 aromatic carbocycles. The number of carboxylic acids is 1. The van der Waals surface area contributed by atoms with Crippen LogP contribution in [0.3, 0.4) is 0 Å². The molecule has 0 aromatic heterocycles. The molecule has 0 radical (unpaired) electrons. The summed E-state index contributed by atoms with van der Waals surface area (Å²) in [5.41, 5.74) is 2.83. The Bertz CT molecular complexity index is 914. The van der Waals surface area contributed by atoms with E-state index in [2.05, 4.69) is 25.8 Å². The van der Waals surface area contributed by atoms with Crippen molar-refractivity contribution in [3.05, 3.63) is 76.5 Å². The smallest absolute Gasteiger partial charge is 0.363 e. The van der Waals surface area contributed by atoms with Crippen molar-refractivity contribution in [2.45, 2.75) is 26.2 Å². The van der Waals surface area contributed by atoms with Gasteiger partial charge in [-0.15, -0.1) is 0 Å². The van der Waals surface area contributed by atoms with Crippen LogP contribution in [0.4, 0.5) is 0 Å². The number of esters is 1. The number of hydrogen-bond acceptors (Lipinski definition) is 5. The maximum Gasteiger partial charge on any atom is 0.363 e. The van der Waals surface area contributed by atoms with Crippen molar-refractivity contribution < 1.29 is 19.4 Å². The second-order valence-electron chi connectivity index (χ2n) is 7.07. The molecule has 0 bridgehead atoms. The predicted molar refractivity (Wildman–Crippen MR) is 96.5 cm³/mol. The van der Waals surface area contributed by atoms with Gasteiger partial charge in [-0.2, -0.15) is 0 Å². The highest BCUT2D eigenvalue weighted by Crippen LogP contribution is 2.24. The molecule has 0 saturated carbocycles. The maximum absolute atomic E-state index is 12.1. The van der Waals surface area contributed by atoms with Crippen molar-refractivity contribution in [1.82, 2.24) is 0 Å². The predicted octanol–water partition coefficient (Wildman–Crippen LogP) is 2.69. The lowest BCUT2D eigenvalue weighted by Crippen LogP contribution is -2.21. The number of ether oxygens (including phenoxy) is 1. The molecular weight excluding hydrogens is 330 g/mol. The van der Waals surface area contributed by atoms with Gasteiger partial charge in [-0.05, 0) is 40.3 Å². The summed E-state index contributed by atoms with van der Waals surface area (Å²) in [6.45, 7) is 6.38. The van der Waals surface area contributed by atoms with Gasteiger partial charge in [0.15, 0.2) is 5.70 Å². The molecule has 1 aliphatic rings. The van der Waals surface area contributed by atoms with Gasteiger partial charge in [0.05, 0.1) is 5.97 Å². The van der Waals surface area contributed by atoms with Crippen LogP contribution in [0.15, 0.2) is 59.2 Å². The third kappa shape index (κ3) is 3.72. The average molecular weight is 348 g/mol. The van der Waals surface area contributed by atoms with E-state index in [0.29, 0.717) is 5.56 Å². The van der Waals surface area contributed by atoms with E-state index in [-0.39, 0.29) is 22.6 Å². The Morgan fingerprint density at radius 2 is 1.65 bits per heavy atom. The van der Waals surface area contributed by atoms with E-state index in [9.17, 15) is 14.7 Å². The Labute approximate surface area is 151 Å². The molecule has 0 aliphatic carbocycles. The molecule has 0 fully saturated rings. The lowest BCUT2D eigenvalue weighted by atomic mass is 9.87. The lowest BCUT2D eigenvalue weighted by Gasteiger charge is -2.18. The van der Waals surface area contributed by atoms with Crippen molar-refractivity contribution >= 4 is 23.9 Å². The summed E-state index contributed by atoms with van der Waals surface area (Å²) in [6.07, 6.45) is 1.55. The highest BCUT2D eigenvalue weighted by molar-refractivity contribution is 6.12. The molecule has 0 amide bonds. The first-order chi connectivity index (χ1) is 12.2. The highest BCUT2D eigenvalue weighted by atomic mass is 16.6. The van der Waals surface area contributed by atoms with Gasteiger partial charge in [-0.25, -0.2) is 9.79 Å². The van der Waals surface area contributed by atoms with Crippen LogP contribution in [0.5, 0.6) is 0 Å². The standard InChI is InChI=1S/C21H19NO4/c1-21(2,3)16-10-8-14(9-11-16)18-22-17(20(25)26-18)12-13-4-6-15(7-5-13)19(23)24/h4-12H,1-3H3,(H,23,24)/p-1/b17-12+. The fourth-order valence-corrected chi connectivity index (χ4v) is 2.52. The minimum Gasteiger partial charge on any atom is -0.545 e. The zero-order valence-electron chi connectivity index (χ0n) is 14.8. The van der Waals surface area contributed by atoms with Crippen LogP contribution in [0, 0.1) is 0 Å². The molecule has 26 heavy (non-hydrogen) atoms. The number of carboxylic acid groups (broad SMARTS) is 1. The van der Waals surface area contributed by atoms with E-state index in [1.807, 2.05) is 24.3 Å². The molecule has 5 heteroatoms. The SMILES string of the molecule is CC(C)(C)c1ccc(C2=N/C(=C/c3ccc(C(=O)[O-])cc3)C(=O)O2)cc1. The topological polar surface area (TPSA) is 78.8 Å². The van der Waals surface area contributed by atoms with Gasteiger partial charge in [0.2, 0.25) is 5.90 Å². The summed E-state index contributed by atoms with van der Waals surface area (Å²) in [5, 5.41) is 10.8. The number of cyclic esters (lactones) is 1. The van der Waals surface area contributed by atoms with E-state index in [0.717, 1.165) is 5.56 Å². The summed E-state index contributed by atoms with van der Waals surface area (Å²) in [5.74, 6) is -1.53. The number of hydrogen-bond donors (Lipinski definition) is 0. The van der Waals surface area contributed by atoms with Gasteiger partial charge in [0.25, 0.3) is 0 Å². The van der Waals surface area contributed by atoms with Gasteiger partial charge < -0.3 is 14.6 Å². The quantitative estimate of drug-likeness (QED) is 0.631. The number of aliphatic imine (C=N–C) groups is 1. The second-order valence-corrected chi connectivity index (χ2v) is 7.07. The Morgan fingerprint density at radius 3 is 2.19 bits per heavy atom. The highest BCUT2D eigenvalue weighted by Gasteiger charge is 2.24. The molecule has 3 rings (SSSR count). The van der Waals surface area contributed by atoms with Crippen molar-refractivity contribution in [1.29, 1.82) is 0 Å². The molecule has 1 heterocycles. The number of carbonyl (C=O) groups is 2. The number of carbonyl (C=O) groups excluding carboxylic acids is 2. The number of benzene rings is 2. The first-order valence-electron chi connectivity index (χ1n) is 8.19. The largest absolute Gasteiger partial charge is 0.545 e. The molecule has 132 valence electrons. The monoisotopic (exact) mass is 348 g/mol. The first kappa shape index (κ1) is 17.6. The zero-order valence-corrected chi connectivity index (χ0v) is 14.8. The molecule has 0 atom stereocenters. The van der Waals surface area contributed by atoms with Crippen LogP contribution in [-0.2, 0) is 14.9 Å². The van der Waals surface area contributed by atoms with Crippen LogP contribution in [0.25, 0.3) is 6.08 Å². The van der Waals surface area contributed by atoms with Crippen molar-refractivity contribution in [2.24, 2.45) is 4.99 Å². The van der Waals surface area contributed by atoms with E-state index in [1.165, 1.54) is 17.7 Å². The average Bonchev–Trinajstić information content (AvgIpc) is 2.95. The summed E-state index contributed by atoms with van der Waals surface area (Å²) in [7, 11) is 0. The van der Waals surface area contributed by atoms with Gasteiger partial charge in [0, 0.05) is 5.56 Å². The minimum atomic E-state index is -1.25. The maximum atomic E-state index is 12.1. The Morgan fingerprint density at radius 1 is 1.04 bits per heavy atom. The zero-order chi connectivity index (χ0) is 18.9. The summed E-state index contributed by atoms with van der Waals surface area (Å²) >= 11 is 0. The van der Waals surface area contributed by atoms with Gasteiger partial charge in [-0.1, -0.05) is 57.2 Å². The Hall–Kier alpha value is -3.21. The van der Waals surface area contributed by atoms with E-state index >= 15 is 0 Å². The van der Waals surface area contributed by atoms with E-state index in [4.69, 9.17) is 4.74 Å². The molecule has 2 aromatic rings. The van der Waals surface area contributed by atoms with Crippen LogP contribution >= 0.6 is 0 Å². The van der Waals surface area contributed by atoms with Crippen molar-refractivity contribution in [2.75, 3.05) is 0 Å². The fraction of sp³-hybridized carbons (Fsp3) is 0.190. The molecule has 1 aliphatic heterocycles. The molecular formula is C21H18NO4-. The third-order valence-electron chi connectivity index (χ3n) is 4.07. The Kier molecular flexibility index (Phi) is 4.47.